The number of aryl methyl sites for hydroxylation is 1. The lowest BCUT2D eigenvalue weighted by Crippen LogP contribution is -2.27. The Morgan fingerprint density at radius 1 is 1.53 bits per heavy atom. The largest absolute Gasteiger partial charge is 0.310 e. The predicted octanol–water partition coefficient (Wildman–Crippen LogP) is 2.98. The summed E-state index contributed by atoms with van der Waals surface area (Å²) in [4.78, 5) is 4.45. The minimum Gasteiger partial charge on any atom is -0.310 e. The first kappa shape index (κ1) is 11.1. The molecular formula is C12H20N2S. The molecule has 1 aliphatic rings. The molecule has 0 saturated heterocycles. The molecule has 0 spiro atoms. The Hall–Kier alpha value is -0.410. The van der Waals surface area contributed by atoms with E-state index in [-0.39, 0.29) is 0 Å². The van der Waals surface area contributed by atoms with Crippen LogP contribution in [0.4, 0.5) is 0 Å². The first-order valence-electron chi connectivity index (χ1n) is 5.74. The molecule has 1 fully saturated rings. The standard InChI is InChI=1S/C12H20N2S/c1-9(2)12(4-5-12)8-13-6-11-14-10(3)7-15-11/h7,9,13H,4-6,8H2,1-3H3. The van der Waals surface area contributed by atoms with E-state index in [1.54, 1.807) is 11.3 Å². The topological polar surface area (TPSA) is 24.9 Å². The van der Waals surface area contributed by atoms with E-state index in [4.69, 9.17) is 0 Å². The summed E-state index contributed by atoms with van der Waals surface area (Å²) < 4.78 is 0. The van der Waals surface area contributed by atoms with Crippen LogP contribution in [0.15, 0.2) is 5.38 Å². The van der Waals surface area contributed by atoms with Gasteiger partial charge < -0.3 is 5.32 Å². The first-order chi connectivity index (χ1) is 7.12. The second-order valence-electron chi connectivity index (χ2n) is 5.00. The Balaban J connectivity index is 1.76. The van der Waals surface area contributed by atoms with Crippen LogP contribution >= 0.6 is 11.3 Å². The van der Waals surface area contributed by atoms with Crippen LogP contribution < -0.4 is 5.32 Å². The van der Waals surface area contributed by atoms with Gasteiger partial charge in [-0.25, -0.2) is 4.98 Å². The van der Waals surface area contributed by atoms with Gasteiger partial charge in [0.1, 0.15) is 5.01 Å². The number of rotatable bonds is 5. The molecule has 0 aromatic carbocycles. The molecule has 2 nitrogen and oxygen atoms in total. The van der Waals surface area contributed by atoms with Crippen molar-refractivity contribution in [2.45, 2.75) is 40.2 Å². The van der Waals surface area contributed by atoms with Crippen molar-refractivity contribution in [2.24, 2.45) is 11.3 Å². The molecule has 2 rings (SSSR count). The van der Waals surface area contributed by atoms with Gasteiger partial charge in [-0.05, 0) is 31.1 Å². The van der Waals surface area contributed by atoms with Crippen LogP contribution in [0.3, 0.4) is 0 Å². The van der Waals surface area contributed by atoms with Crippen LogP contribution in [0.5, 0.6) is 0 Å². The minimum absolute atomic E-state index is 0.603. The van der Waals surface area contributed by atoms with E-state index in [1.165, 1.54) is 17.8 Å². The Kier molecular flexibility index (Phi) is 3.12. The van der Waals surface area contributed by atoms with Crippen LogP contribution in [-0.4, -0.2) is 11.5 Å². The summed E-state index contributed by atoms with van der Waals surface area (Å²) in [5.41, 5.74) is 1.74. The average Bonchev–Trinajstić information content (AvgIpc) is 2.86. The number of thiazole rings is 1. The van der Waals surface area contributed by atoms with Crippen molar-refractivity contribution in [3.05, 3.63) is 16.1 Å². The lowest BCUT2D eigenvalue weighted by atomic mass is 9.92. The SMILES string of the molecule is Cc1csc(CNCC2(C(C)C)CC2)n1. The van der Waals surface area contributed by atoms with E-state index in [1.807, 2.05) is 0 Å². The molecule has 84 valence electrons. The van der Waals surface area contributed by atoms with Gasteiger partial charge in [0.05, 0.1) is 0 Å². The second-order valence-corrected chi connectivity index (χ2v) is 5.95. The van der Waals surface area contributed by atoms with E-state index < -0.39 is 0 Å². The molecule has 1 heterocycles. The molecule has 1 aliphatic carbocycles. The first-order valence-corrected chi connectivity index (χ1v) is 6.62. The molecule has 0 amide bonds. The van der Waals surface area contributed by atoms with Gasteiger partial charge in [0.2, 0.25) is 0 Å². The second kappa shape index (κ2) is 4.22. The van der Waals surface area contributed by atoms with Crippen molar-refractivity contribution in [3.8, 4) is 0 Å². The Morgan fingerprint density at radius 3 is 2.73 bits per heavy atom. The lowest BCUT2D eigenvalue weighted by Gasteiger charge is -2.19. The van der Waals surface area contributed by atoms with Crippen molar-refractivity contribution < 1.29 is 0 Å². The fraction of sp³-hybridized carbons (Fsp3) is 0.750. The summed E-state index contributed by atoms with van der Waals surface area (Å²) in [6.07, 6.45) is 2.79. The van der Waals surface area contributed by atoms with Crippen molar-refractivity contribution in [1.82, 2.24) is 10.3 Å². The third kappa shape index (κ3) is 2.58. The van der Waals surface area contributed by atoms with Crippen LogP contribution in [0.2, 0.25) is 0 Å². The number of aromatic nitrogens is 1. The van der Waals surface area contributed by atoms with E-state index >= 15 is 0 Å². The summed E-state index contributed by atoms with van der Waals surface area (Å²) in [6.45, 7) is 8.82. The Morgan fingerprint density at radius 2 is 2.27 bits per heavy atom. The highest BCUT2D eigenvalue weighted by Crippen LogP contribution is 2.51. The third-order valence-electron chi connectivity index (χ3n) is 3.54. The normalized spacial score (nSPS) is 18.4. The molecule has 0 radical (unpaired) electrons. The zero-order chi connectivity index (χ0) is 10.9. The molecule has 15 heavy (non-hydrogen) atoms. The zero-order valence-electron chi connectivity index (χ0n) is 9.84. The quantitative estimate of drug-likeness (QED) is 0.831. The van der Waals surface area contributed by atoms with Crippen LogP contribution in [0.25, 0.3) is 0 Å². The maximum Gasteiger partial charge on any atom is 0.107 e. The van der Waals surface area contributed by atoms with Gasteiger partial charge in [-0.15, -0.1) is 11.3 Å². The van der Waals surface area contributed by atoms with E-state index in [0.717, 1.165) is 24.7 Å². The zero-order valence-corrected chi connectivity index (χ0v) is 10.7. The summed E-state index contributed by atoms with van der Waals surface area (Å²) in [7, 11) is 0. The van der Waals surface area contributed by atoms with E-state index in [2.05, 4.69) is 36.5 Å². The highest BCUT2D eigenvalue weighted by atomic mass is 32.1. The smallest absolute Gasteiger partial charge is 0.107 e. The summed E-state index contributed by atoms with van der Waals surface area (Å²) in [6, 6.07) is 0. The molecule has 1 N–H and O–H groups in total. The van der Waals surface area contributed by atoms with E-state index in [9.17, 15) is 0 Å². The summed E-state index contributed by atoms with van der Waals surface area (Å²) >= 11 is 1.76. The number of hydrogen-bond acceptors (Lipinski definition) is 3. The molecule has 0 bridgehead atoms. The van der Waals surface area contributed by atoms with Gasteiger partial charge in [0.25, 0.3) is 0 Å². The molecular weight excluding hydrogens is 204 g/mol. The number of hydrogen-bond donors (Lipinski definition) is 1. The van der Waals surface area contributed by atoms with Gasteiger partial charge in [0.15, 0.2) is 0 Å². The minimum atomic E-state index is 0.603. The molecule has 0 aliphatic heterocycles. The number of nitrogens with one attached hydrogen (secondary N) is 1. The van der Waals surface area contributed by atoms with Crippen molar-refractivity contribution >= 4 is 11.3 Å². The highest BCUT2D eigenvalue weighted by molar-refractivity contribution is 7.09. The molecule has 1 aromatic heterocycles. The molecule has 3 heteroatoms. The maximum absolute atomic E-state index is 4.45. The van der Waals surface area contributed by atoms with Gasteiger partial charge in [-0.2, -0.15) is 0 Å². The van der Waals surface area contributed by atoms with Crippen molar-refractivity contribution in [2.75, 3.05) is 6.54 Å². The predicted molar refractivity (Wildman–Crippen MR) is 65.1 cm³/mol. The van der Waals surface area contributed by atoms with Gasteiger partial charge in [-0.3, -0.25) is 0 Å². The highest BCUT2D eigenvalue weighted by Gasteiger charge is 2.44. The summed E-state index contributed by atoms with van der Waals surface area (Å²) in [5, 5.41) is 6.88. The molecule has 1 aromatic rings. The lowest BCUT2D eigenvalue weighted by molar-refractivity contribution is 0.337. The van der Waals surface area contributed by atoms with Crippen molar-refractivity contribution in [1.29, 1.82) is 0 Å². The average molecular weight is 224 g/mol. The van der Waals surface area contributed by atoms with Crippen LogP contribution in [0.1, 0.15) is 37.4 Å². The summed E-state index contributed by atoms with van der Waals surface area (Å²) in [5.74, 6) is 0.808. The maximum atomic E-state index is 4.45. The number of nitrogens with zero attached hydrogens (tertiary/aromatic N) is 1. The van der Waals surface area contributed by atoms with Gasteiger partial charge in [0, 0.05) is 24.2 Å². The van der Waals surface area contributed by atoms with Crippen LogP contribution in [-0.2, 0) is 6.54 Å². The molecule has 0 atom stereocenters. The Labute approximate surface area is 96.1 Å². The fourth-order valence-corrected chi connectivity index (χ4v) is 2.76. The third-order valence-corrected chi connectivity index (χ3v) is 4.50. The van der Waals surface area contributed by atoms with E-state index in [0.29, 0.717) is 5.41 Å². The molecule has 0 unspecified atom stereocenters. The van der Waals surface area contributed by atoms with Crippen molar-refractivity contribution in [3.63, 3.8) is 0 Å². The Bertz CT molecular complexity index is 326. The molecule has 1 saturated carbocycles. The van der Waals surface area contributed by atoms with Crippen LogP contribution in [0, 0.1) is 18.3 Å². The fourth-order valence-electron chi connectivity index (χ4n) is 2.02. The monoisotopic (exact) mass is 224 g/mol. The van der Waals surface area contributed by atoms with Gasteiger partial charge >= 0.3 is 0 Å². The van der Waals surface area contributed by atoms with Gasteiger partial charge in [-0.1, -0.05) is 13.8 Å².